The summed E-state index contributed by atoms with van der Waals surface area (Å²) in [6.45, 7) is 4.06. The first-order valence-electron chi connectivity index (χ1n) is 9.66. The minimum atomic E-state index is -0.0179. The Labute approximate surface area is 172 Å². The number of aryl methyl sites for hydroxylation is 1. The van der Waals surface area contributed by atoms with Gasteiger partial charge < -0.3 is 4.98 Å². The van der Waals surface area contributed by atoms with E-state index in [9.17, 15) is 4.79 Å². The van der Waals surface area contributed by atoms with Gasteiger partial charge in [0, 0.05) is 37.8 Å². The van der Waals surface area contributed by atoms with Crippen molar-refractivity contribution in [2.75, 3.05) is 6.54 Å². The summed E-state index contributed by atoms with van der Waals surface area (Å²) in [4.78, 5) is 23.2. The largest absolute Gasteiger partial charge is 0.310 e. The first kappa shape index (κ1) is 18.0. The van der Waals surface area contributed by atoms with Crippen molar-refractivity contribution < 1.29 is 0 Å². The average molecular weight is 404 g/mol. The third-order valence-corrected chi connectivity index (χ3v) is 6.10. The molecule has 0 unspecified atom stereocenters. The lowest BCUT2D eigenvalue weighted by atomic mass is 10.1. The summed E-state index contributed by atoms with van der Waals surface area (Å²) in [5.41, 5.74) is 4.91. The zero-order valence-corrected chi connectivity index (χ0v) is 16.9. The summed E-state index contributed by atoms with van der Waals surface area (Å²) in [6.07, 6.45) is 2.90. The lowest BCUT2D eigenvalue weighted by Crippen LogP contribution is -2.35. The number of nitrogens with one attached hydrogen (secondary N) is 1. The highest BCUT2D eigenvalue weighted by Crippen LogP contribution is 2.29. The monoisotopic (exact) mass is 403 g/mol. The van der Waals surface area contributed by atoms with E-state index in [4.69, 9.17) is 5.10 Å². The number of para-hydroxylation sites is 1. The minimum absolute atomic E-state index is 0.0179. The van der Waals surface area contributed by atoms with Crippen molar-refractivity contribution in [2.24, 2.45) is 0 Å². The molecule has 0 radical (unpaired) electrons. The van der Waals surface area contributed by atoms with Gasteiger partial charge in [-0.15, -0.1) is 11.3 Å². The molecule has 0 bridgehead atoms. The Morgan fingerprint density at radius 3 is 2.83 bits per heavy atom. The molecule has 4 aromatic rings. The van der Waals surface area contributed by atoms with Crippen LogP contribution in [0.4, 0.5) is 0 Å². The van der Waals surface area contributed by atoms with Gasteiger partial charge in [0.15, 0.2) is 0 Å². The number of aromatic amines is 1. The van der Waals surface area contributed by atoms with Crippen molar-refractivity contribution in [3.63, 3.8) is 0 Å². The predicted octanol–water partition coefficient (Wildman–Crippen LogP) is 3.55. The zero-order chi connectivity index (χ0) is 19.8. The van der Waals surface area contributed by atoms with E-state index >= 15 is 0 Å². The number of rotatable bonds is 4. The van der Waals surface area contributed by atoms with E-state index in [0.717, 1.165) is 52.6 Å². The average Bonchev–Trinajstić information content (AvgIpc) is 3.39. The molecule has 146 valence electrons. The molecule has 4 heterocycles. The maximum Gasteiger partial charge on any atom is 0.255 e. The van der Waals surface area contributed by atoms with Gasteiger partial charge >= 0.3 is 0 Å². The Morgan fingerprint density at radius 2 is 2.03 bits per heavy atom. The number of thiophene rings is 1. The number of fused-ring (bicyclic) bond motifs is 1. The first-order chi connectivity index (χ1) is 14.2. The van der Waals surface area contributed by atoms with E-state index in [0.29, 0.717) is 12.4 Å². The third-order valence-electron chi connectivity index (χ3n) is 5.23. The number of H-pyrrole nitrogens is 1. The normalized spacial score (nSPS) is 14.1. The van der Waals surface area contributed by atoms with Crippen LogP contribution in [-0.2, 0) is 19.5 Å². The van der Waals surface area contributed by atoms with Crippen LogP contribution in [0.1, 0.15) is 22.6 Å². The standard InChI is InChI=1S/C22H21N5OS/c1-15-23-19-9-10-26(14-18(19)22(28)24-15)12-16-13-27(17-6-3-2-4-7-17)25-21(16)20-8-5-11-29-20/h2-8,11,13H,9-10,12,14H2,1H3,(H,23,24,28). The number of benzene rings is 1. The van der Waals surface area contributed by atoms with Gasteiger partial charge in [-0.1, -0.05) is 24.3 Å². The van der Waals surface area contributed by atoms with Gasteiger partial charge in [-0.3, -0.25) is 9.69 Å². The first-order valence-corrected chi connectivity index (χ1v) is 10.5. The molecule has 0 spiro atoms. The van der Waals surface area contributed by atoms with Gasteiger partial charge in [0.2, 0.25) is 0 Å². The Balaban J connectivity index is 1.48. The van der Waals surface area contributed by atoms with Gasteiger partial charge in [0.25, 0.3) is 5.56 Å². The molecular weight excluding hydrogens is 382 g/mol. The molecule has 0 fully saturated rings. The molecule has 1 N–H and O–H groups in total. The minimum Gasteiger partial charge on any atom is -0.310 e. The Morgan fingerprint density at radius 1 is 1.17 bits per heavy atom. The smallest absolute Gasteiger partial charge is 0.255 e. The van der Waals surface area contributed by atoms with E-state index in [1.54, 1.807) is 11.3 Å². The van der Waals surface area contributed by atoms with E-state index < -0.39 is 0 Å². The van der Waals surface area contributed by atoms with Gasteiger partial charge in [0.05, 0.1) is 21.8 Å². The molecule has 0 atom stereocenters. The van der Waals surface area contributed by atoms with Crippen molar-refractivity contribution in [1.29, 1.82) is 0 Å². The fourth-order valence-electron chi connectivity index (χ4n) is 3.84. The molecule has 1 aliphatic rings. The molecule has 0 aliphatic carbocycles. The van der Waals surface area contributed by atoms with Crippen molar-refractivity contribution in [3.05, 3.63) is 87.0 Å². The summed E-state index contributed by atoms with van der Waals surface area (Å²) in [5, 5.41) is 6.96. The molecule has 0 amide bonds. The Bertz CT molecular complexity index is 1190. The van der Waals surface area contributed by atoms with Crippen molar-refractivity contribution in [1.82, 2.24) is 24.6 Å². The third kappa shape index (κ3) is 3.54. The summed E-state index contributed by atoms with van der Waals surface area (Å²) >= 11 is 1.69. The van der Waals surface area contributed by atoms with Gasteiger partial charge in [-0.2, -0.15) is 5.10 Å². The molecule has 3 aromatic heterocycles. The summed E-state index contributed by atoms with van der Waals surface area (Å²) in [5.74, 6) is 0.686. The van der Waals surface area contributed by atoms with Crippen LogP contribution in [0.15, 0.2) is 58.8 Å². The van der Waals surface area contributed by atoms with E-state index in [2.05, 4.69) is 50.7 Å². The lowest BCUT2D eigenvalue weighted by molar-refractivity contribution is 0.242. The SMILES string of the molecule is Cc1nc2c(c(=O)[nH]1)CN(Cc1cn(-c3ccccc3)nc1-c1cccs1)CC2. The van der Waals surface area contributed by atoms with Crippen LogP contribution < -0.4 is 5.56 Å². The summed E-state index contributed by atoms with van der Waals surface area (Å²) < 4.78 is 1.94. The molecule has 7 heteroatoms. The van der Waals surface area contributed by atoms with Gasteiger partial charge in [-0.05, 0) is 30.5 Å². The van der Waals surface area contributed by atoms with Crippen LogP contribution in [0.25, 0.3) is 16.3 Å². The fraction of sp³-hybridized carbons (Fsp3) is 0.227. The number of aromatic nitrogens is 4. The molecule has 0 saturated carbocycles. The van der Waals surface area contributed by atoms with Crippen LogP contribution in [0.2, 0.25) is 0 Å². The van der Waals surface area contributed by atoms with Crippen LogP contribution in [0.3, 0.4) is 0 Å². The molecule has 0 saturated heterocycles. The second kappa shape index (κ2) is 7.42. The molecule has 29 heavy (non-hydrogen) atoms. The highest BCUT2D eigenvalue weighted by Gasteiger charge is 2.23. The van der Waals surface area contributed by atoms with Crippen molar-refractivity contribution >= 4 is 11.3 Å². The lowest BCUT2D eigenvalue weighted by Gasteiger charge is -2.27. The number of hydrogen-bond acceptors (Lipinski definition) is 5. The van der Waals surface area contributed by atoms with Crippen LogP contribution in [0, 0.1) is 6.92 Å². The van der Waals surface area contributed by atoms with Crippen molar-refractivity contribution in [3.8, 4) is 16.3 Å². The second-order valence-corrected chi connectivity index (χ2v) is 8.25. The molecule has 1 aliphatic heterocycles. The molecule has 5 rings (SSSR count). The second-order valence-electron chi connectivity index (χ2n) is 7.30. The highest BCUT2D eigenvalue weighted by molar-refractivity contribution is 7.13. The summed E-state index contributed by atoms with van der Waals surface area (Å²) in [7, 11) is 0. The maximum atomic E-state index is 12.4. The molecular formula is C22H21N5OS. The van der Waals surface area contributed by atoms with Crippen LogP contribution in [0.5, 0.6) is 0 Å². The topological polar surface area (TPSA) is 66.8 Å². The molecule has 1 aromatic carbocycles. The number of nitrogens with zero attached hydrogens (tertiary/aromatic N) is 4. The van der Waals surface area contributed by atoms with E-state index in [-0.39, 0.29) is 5.56 Å². The van der Waals surface area contributed by atoms with E-state index in [1.807, 2.05) is 29.8 Å². The Kier molecular flexibility index (Phi) is 4.61. The van der Waals surface area contributed by atoms with Crippen molar-refractivity contribution in [2.45, 2.75) is 26.4 Å². The fourth-order valence-corrected chi connectivity index (χ4v) is 4.58. The van der Waals surface area contributed by atoms with E-state index in [1.165, 1.54) is 0 Å². The maximum absolute atomic E-state index is 12.4. The summed E-state index contributed by atoms with van der Waals surface area (Å²) in [6, 6.07) is 14.3. The van der Waals surface area contributed by atoms with Crippen LogP contribution in [-0.4, -0.2) is 31.2 Å². The van der Waals surface area contributed by atoms with Crippen LogP contribution >= 0.6 is 11.3 Å². The zero-order valence-electron chi connectivity index (χ0n) is 16.1. The van der Waals surface area contributed by atoms with Gasteiger partial charge in [0.1, 0.15) is 11.5 Å². The quantitative estimate of drug-likeness (QED) is 0.566. The predicted molar refractivity (Wildman–Crippen MR) is 114 cm³/mol. The highest BCUT2D eigenvalue weighted by atomic mass is 32.1. The van der Waals surface area contributed by atoms with Gasteiger partial charge in [-0.25, -0.2) is 9.67 Å². The number of hydrogen-bond donors (Lipinski definition) is 1. The molecule has 6 nitrogen and oxygen atoms in total. The Hall–Kier alpha value is -3.03.